The van der Waals surface area contributed by atoms with Gasteiger partial charge in [0.05, 0.1) is 0 Å². The third-order valence-corrected chi connectivity index (χ3v) is 3.17. The second-order valence-corrected chi connectivity index (χ2v) is 4.68. The molecule has 3 aromatic rings. The molecular weight excluding hydrogens is 276 g/mol. The summed E-state index contributed by atoms with van der Waals surface area (Å²) in [5.74, 6) is 0.611. The van der Waals surface area contributed by atoms with Crippen molar-refractivity contribution >= 4 is 11.5 Å². The first-order valence-electron chi connectivity index (χ1n) is 6.34. The molecule has 1 aromatic carbocycles. The van der Waals surface area contributed by atoms with Gasteiger partial charge in [0.2, 0.25) is 0 Å². The van der Waals surface area contributed by atoms with Crippen LogP contribution < -0.4 is 10.5 Å². The van der Waals surface area contributed by atoms with Crippen LogP contribution in [0.5, 0.6) is 5.75 Å². The molecule has 108 valence electrons. The first kappa shape index (κ1) is 13.4. The van der Waals surface area contributed by atoms with Gasteiger partial charge in [0.25, 0.3) is 0 Å². The van der Waals surface area contributed by atoms with Crippen LogP contribution in [0.25, 0.3) is 16.9 Å². The third-order valence-electron chi connectivity index (χ3n) is 3.17. The number of aromatic nitrogens is 2. The minimum atomic E-state index is -2.83. The molecule has 0 atom stereocenters. The van der Waals surface area contributed by atoms with Crippen molar-refractivity contribution in [3.8, 4) is 17.0 Å². The lowest BCUT2D eigenvalue weighted by Crippen LogP contribution is -2.01. The lowest BCUT2D eigenvalue weighted by atomic mass is 10.1. The molecule has 0 saturated heterocycles. The van der Waals surface area contributed by atoms with E-state index in [1.54, 1.807) is 16.5 Å². The number of nitrogen functional groups attached to an aromatic ring is 1. The van der Waals surface area contributed by atoms with Gasteiger partial charge in [-0.25, -0.2) is 4.98 Å². The molecular formula is C15H13F2N3O. The number of hydrogen-bond donors (Lipinski definition) is 1. The molecule has 0 radical (unpaired) electrons. The van der Waals surface area contributed by atoms with Crippen LogP contribution in [0.1, 0.15) is 5.56 Å². The van der Waals surface area contributed by atoms with E-state index in [2.05, 4.69) is 9.72 Å². The Balaban J connectivity index is 2.02. The van der Waals surface area contributed by atoms with Crippen LogP contribution in [0.4, 0.5) is 14.6 Å². The SMILES string of the molecule is Cc1ccn2c(N)c(-c3ccc(OC(F)F)cc3)nc2c1. The Morgan fingerprint density at radius 1 is 1.19 bits per heavy atom. The molecule has 2 N–H and O–H groups in total. The quantitative estimate of drug-likeness (QED) is 0.803. The van der Waals surface area contributed by atoms with E-state index in [0.717, 1.165) is 16.8 Å². The highest BCUT2D eigenvalue weighted by atomic mass is 19.3. The molecule has 0 fully saturated rings. The first-order valence-corrected chi connectivity index (χ1v) is 6.34. The van der Waals surface area contributed by atoms with E-state index in [9.17, 15) is 8.78 Å². The number of nitrogens with zero attached hydrogens (tertiary/aromatic N) is 2. The molecule has 0 spiro atoms. The Labute approximate surface area is 119 Å². The van der Waals surface area contributed by atoms with E-state index in [-0.39, 0.29) is 5.75 Å². The molecule has 6 heteroatoms. The van der Waals surface area contributed by atoms with Gasteiger partial charge in [0, 0.05) is 11.8 Å². The van der Waals surface area contributed by atoms with Gasteiger partial charge in [0.15, 0.2) is 0 Å². The number of aryl methyl sites for hydroxylation is 1. The molecule has 0 amide bonds. The van der Waals surface area contributed by atoms with Gasteiger partial charge in [0.1, 0.15) is 22.9 Å². The standard InChI is InChI=1S/C15H13F2N3O/c1-9-6-7-20-12(8-9)19-13(14(20)18)10-2-4-11(5-3-10)21-15(16)17/h2-8,15H,18H2,1H3. The van der Waals surface area contributed by atoms with Crippen LogP contribution in [0.2, 0.25) is 0 Å². The summed E-state index contributed by atoms with van der Waals surface area (Å²) in [6, 6.07) is 10.1. The van der Waals surface area contributed by atoms with Crippen molar-refractivity contribution < 1.29 is 13.5 Å². The van der Waals surface area contributed by atoms with Crippen molar-refractivity contribution in [3.05, 3.63) is 48.2 Å². The molecule has 4 nitrogen and oxygen atoms in total. The third kappa shape index (κ3) is 2.52. The first-order chi connectivity index (χ1) is 10.0. The smallest absolute Gasteiger partial charge is 0.387 e. The zero-order valence-electron chi connectivity index (χ0n) is 11.3. The van der Waals surface area contributed by atoms with Crippen LogP contribution in [-0.2, 0) is 0 Å². The number of fused-ring (bicyclic) bond motifs is 1. The number of halogens is 2. The van der Waals surface area contributed by atoms with E-state index >= 15 is 0 Å². The Hall–Kier alpha value is -2.63. The second kappa shape index (κ2) is 5.05. The Bertz CT molecular complexity index is 781. The van der Waals surface area contributed by atoms with Crippen molar-refractivity contribution in [2.45, 2.75) is 13.5 Å². The summed E-state index contributed by atoms with van der Waals surface area (Å²) in [6.07, 6.45) is 1.85. The Morgan fingerprint density at radius 3 is 2.57 bits per heavy atom. The van der Waals surface area contributed by atoms with Gasteiger partial charge < -0.3 is 10.5 Å². The van der Waals surface area contributed by atoms with Gasteiger partial charge in [-0.1, -0.05) is 0 Å². The number of imidazole rings is 1. The predicted octanol–water partition coefficient (Wildman–Crippen LogP) is 3.49. The molecule has 2 aromatic heterocycles. The summed E-state index contributed by atoms with van der Waals surface area (Å²) in [5, 5.41) is 0. The van der Waals surface area contributed by atoms with Crippen LogP contribution in [0.15, 0.2) is 42.6 Å². The van der Waals surface area contributed by atoms with Gasteiger partial charge in [-0.3, -0.25) is 4.40 Å². The van der Waals surface area contributed by atoms with Crippen molar-refractivity contribution in [3.63, 3.8) is 0 Å². The zero-order chi connectivity index (χ0) is 15.0. The van der Waals surface area contributed by atoms with E-state index in [1.165, 1.54) is 12.1 Å². The van der Waals surface area contributed by atoms with Gasteiger partial charge in [-0.2, -0.15) is 8.78 Å². The maximum absolute atomic E-state index is 12.1. The number of alkyl halides is 2. The molecule has 3 rings (SSSR count). The lowest BCUT2D eigenvalue weighted by Gasteiger charge is -2.05. The van der Waals surface area contributed by atoms with Crippen molar-refractivity contribution in [2.24, 2.45) is 0 Å². The summed E-state index contributed by atoms with van der Waals surface area (Å²) >= 11 is 0. The largest absolute Gasteiger partial charge is 0.435 e. The van der Waals surface area contributed by atoms with Crippen molar-refractivity contribution in [1.82, 2.24) is 9.38 Å². The normalized spacial score (nSPS) is 11.2. The van der Waals surface area contributed by atoms with E-state index in [4.69, 9.17) is 5.73 Å². The molecule has 0 saturated carbocycles. The number of hydrogen-bond acceptors (Lipinski definition) is 3. The minimum Gasteiger partial charge on any atom is -0.435 e. The van der Waals surface area contributed by atoms with Gasteiger partial charge >= 0.3 is 6.61 Å². The fraction of sp³-hybridized carbons (Fsp3) is 0.133. The fourth-order valence-electron chi connectivity index (χ4n) is 2.17. The number of pyridine rings is 1. The van der Waals surface area contributed by atoms with E-state index < -0.39 is 6.61 Å². The fourth-order valence-corrected chi connectivity index (χ4v) is 2.17. The number of nitrogens with two attached hydrogens (primary N) is 1. The molecule has 2 heterocycles. The van der Waals surface area contributed by atoms with Crippen LogP contribution in [0, 0.1) is 6.92 Å². The van der Waals surface area contributed by atoms with Crippen LogP contribution in [-0.4, -0.2) is 16.0 Å². The summed E-state index contributed by atoms with van der Waals surface area (Å²) in [4.78, 5) is 4.48. The number of anilines is 1. The average molecular weight is 289 g/mol. The number of ether oxygens (including phenoxy) is 1. The topological polar surface area (TPSA) is 52.5 Å². The van der Waals surface area contributed by atoms with E-state index in [0.29, 0.717) is 11.5 Å². The average Bonchev–Trinajstić information content (AvgIpc) is 2.75. The molecule has 0 aliphatic rings. The Kier molecular flexibility index (Phi) is 3.21. The predicted molar refractivity (Wildman–Crippen MR) is 76.4 cm³/mol. The second-order valence-electron chi connectivity index (χ2n) is 4.68. The lowest BCUT2D eigenvalue weighted by molar-refractivity contribution is -0.0498. The highest BCUT2D eigenvalue weighted by Gasteiger charge is 2.12. The molecule has 0 bridgehead atoms. The Morgan fingerprint density at radius 2 is 1.90 bits per heavy atom. The van der Waals surface area contributed by atoms with Crippen LogP contribution in [0.3, 0.4) is 0 Å². The van der Waals surface area contributed by atoms with Gasteiger partial charge in [-0.15, -0.1) is 0 Å². The van der Waals surface area contributed by atoms with Crippen LogP contribution >= 0.6 is 0 Å². The minimum absolute atomic E-state index is 0.104. The van der Waals surface area contributed by atoms with Gasteiger partial charge in [-0.05, 0) is 48.9 Å². The highest BCUT2D eigenvalue weighted by molar-refractivity contribution is 5.75. The number of rotatable bonds is 3. The summed E-state index contributed by atoms with van der Waals surface area (Å²) in [7, 11) is 0. The van der Waals surface area contributed by atoms with E-state index in [1.807, 2.05) is 25.3 Å². The van der Waals surface area contributed by atoms with Crippen molar-refractivity contribution in [2.75, 3.05) is 5.73 Å². The summed E-state index contributed by atoms with van der Waals surface area (Å²) in [6.45, 7) is -0.861. The molecule has 0 aliphatic heterocycles. The number of benzene rings is 1. The molecule has 21 heavy (non-hydrogen) atoms. The zero-order valence-corrected chi connectivity index (χ0v) is 11.3. The molecule has 0 aliphatic carbocycles. The monoisotopic (exact) mass is 289 g/mol. The highest BCUT2D eigenvalue weighted by Crippen LogP contribution is 2.28. The summed E-state index contributed by atoms with van der Waals surface area (Å²) < 4.78 is 30.4. The maximum atomic E-state index is 12.1. The maximum Gasteiger partial charge on any atom is 0.387 e. The van der Waals surface area contributed by atoms with Crippen molar-refractivity contribution in [1.29, 1.82) is 0 Å². The summed E-state index contributed by atoms with van der Waals surface area (Å²) in [5.41, 5.74) is 9.28. The molecule has 0 unspecified atom stereocenters.